The van der Waals surface area contributed by atoms with Crippen LogP contribution in [0.5, 0.6) is 0 Å². The molecule has 1 aromatic heterocycles. The Labute approximate surface area is 202 Å². The maximum absolute atomic E-state index is 13.7. The van der Waals surface area contributed by atoms with E-state index in [4.69, 9.17) is 10.5 Å². The Kier molecular flexibility index (Phi) is 7.13. The molecule has 1 saturated heterocycles. The average Bonchev–Trinajstić information content (AvgIpc) is 2.88. The summed E-state index contributed by atoms with van der Waals surface area (Å²) in [6.07, 6.45) is 1.74. The molecular weight excluding hydrogens is 446 g/mol. The quantitative estimate of drug-likeness (QED) is 0.541. The summed E-state index contributed by atoms with van der Waals surface area (Å²) < 4.78 is 7.44. The van der Waals surface area contributed by atoms with Crippen LogP contribution in [0.25, 0.3) is 0 Å². The van der Waals surface area contributed by atoms with Gasteiger partial charge in [0.1, 0.15) is 5.82 Å². The van der Waals surface area contributed by atoms with Crippen molar-refractivity contribution in [1.29, 1.82) is 5.26 Å². The lowest BCUT2D eigenvalue weighted by Crippen LogP contribution is -2.48. The van der Waals surface area contributed by atoms with Gasteiger partial charge in [0.15, 0.2) is 0 Å². The van der Waals surface area contributed by atoms with Gasteiger partial charge in [0.25, 0.3) is 5.56 Å². The number of aromatic nitrogens is 2. The van der Waals surface area contributed by atoms with Crippen molar-refractivity contribution in [1.82, 2.24) is 9.13 Å². The van der Waals surface area contributed by atoms with E-state index in [1.165, 1.54) is 17.7 Å². The van der Waals surface area contributed by atoms with Crippen LogP contribution in [0.2, 0.25) is 0 Å². The van der Waals surface area contributed by atoms with E-state index in [0.29, 0.717) is 41.2 Å². The number of ether oxygens (including phenoxy) is 1. The summed E-state index contributed by atoms with van der Waals surface area (Å²) in [5.74, 6) is -0.0102. The van der Waals surface area contributed by atoms with Crippen LogP contribution in [-0.4, -0.2) is 41.3 Å². The lowest BCUT2D eigenvalue weighted by Gasteiger charge is -2.34. The molecule has 9 nitrogen and oxygen atoms in total. The molecule has 0 radical (unpaired) electrons. The van der Waals surface area contributed by atoms with Crippen molar-refractivity contribution in [3.05, 3.63) is 97.7 Å². The largest absolute Gasteiger partial charge is 0.465 e. The van der Waals surface area contributed by atoms with Gasteiger partial charge >= 0.3 is 11.7 Å². The number of nitrogens with two attached hydrogens (primary N) is 1. The highest BCUT2D eigenvalue weighted by molar-refractivity contribution is 5.89. The van der Waals surface area contributed by atoms with E-state index in [-0.39, 0.29) is 19.1 Å². The molecule has 180 valence electrons. The van der Waals surface area contributed by atoms with Crippen LogP contribution in [0.4, 0.5) is 5.82 Å². The van der Waals surface area contributed by atoms with Crippen LogP contribution >= 0.6 is 0 Å². The zero-order valence-electron chi connectivity index (χ0n) is 19.5. The number of esters is 1. The Morgan fingerprint density at radius 3 is 2.66 bits per heavy atom. The van der Waals surface area contributed by atoms with E-state index in [2.05, 4.69) is 6.07 Å². The summed E-state index contributed by atoms with van der Waals surface area (Å²) in [5.41, 5.74) is 7.32. The van der Waals surface area contributed by atoms with Crippen LogP contribution in [0.1, 0.15) is 39.9 Å². The Morgan fingerprint density at radius 1 is 1.11 bits per heavy atom. The minimum atomic E-state index is -0.499. The molecule has 9 heteroatoms. The zero-order valence-corrected chi connectivity index (χ0v) is 19.5. The first kappa shape index (κ1) is 24.0. The molecule has 1 fully saturated rings. The predicted octanol–water partition coefficient (Wildman–Crippen LogP) is 1.69. The normalized spacial score (nSPS) is 15.5. The first-order valence-electron chi connectivity index (χ1n) is 11.4. The molecule has 1 aliphatic rings. The number of anilines is 1. The molecule has 0 bridgehead atoms. The number of hydrogen-bond acceptors (Lipinski definition) is 7. The van der Waals surface area contributed by atoms with Gasteiger partial charge in [-0.15, -0.1) is 0 Å². The van der Waals surface area contributed by atoms with Crippen LogP contribution in [0.3, 0.4) is 0 Å². The topological polar surface area (TPSA) is 123 Å². The van der Waals surface area contributed by atoms with Crippen molar-refractivity contribution in [3.8, 4) is 6.07 Å². The summed E-state index contributed by atoms with van der Waals surface area (Å²) in [6, 6.07) is 17.3. The fourth-order valence-corrected chi connectivity index (χ4v) is 4.41. The monoisotopic (exact) mass is 473 g/mol. The van der Waals surface area contributed by atoms with Crippen LogP contribution in [-0.2, 0) is 17.8 Å². The molecule has 4 rings (SSSR count). The summed E-state index contributed by atoms with van der Waals surface area (Å²) in [6.45, 7) is 1.33. The van der Waals surface area contributed by atoms with E-state index in [1.807, 2.05) is 11.0 Å². The lowest BCUT2D eigenvalue weighted by atomic mass is 10.1. The molecule has 0 spiro atoms. The van der Waals surface area contributed by atoms with Crippen molar-refractivity contribution in [3.63, 3.8) is 0 Å². The standard InChI is InChI=1S/C26H27N5O4/c1-35-25(33)19-9-4-6-18(12-19)15-31-24(32)13-23(29-11-5-10-22(28)17-29)30(26(31)34)16-21-8-3-2-7-20(21)14-27/h2-4,6-9,12-13,22H,5,10-11,15-17,28H2,1H3. The van der Waals surface area contributed by atoms with Crippen LogP contribution in [0.15, 0.2) is 64.2 Å². The highest BCUT2D eigenvalue weighted by Crippen LogP contribution is 2.19. The van der Waals surface area contributed by atoms with E-state index in [0.717, 1.165) is 17.4 Å². The third-order valence-electron chi connectivity index (χ3n) is 6.19. The summed E-state index contributed by atoms with van der Waals surface area (Å²) in [5, 5.41) is 9.55. The average molecular weight is 474 g/mol. The van der Waals surface area contributed by atoms with Crippen molar-refractivity contribution in [2.24, 2.45) is 5.73 Å². The Balaban J connectivity index is 1.81. The molecule has 0 aliphatic carbocycles. The Hall–Kier alpha value is -4.16. The molecule has 1 aliphatic heterocycles. The molecule has 2 N–H and O–H groups in total. The van der Waals surface area contributed by atoms with Gasteiger partial charge in [0.2, 0.25) is 0 Å². The van der Waals surface area contributed by atoms with E-state index in [1.54, 1.807) is 42.5 Å². The summed E-state index contributed by atoms with van der Waals surface area (Å²) in [7, 11) is 1.29. The van der Waals surface area contributed by atoms with Gasteiger partial charge in [-0.25, -0.2) is 9.59 Å². The van der Waals surface area contributed by atoms with Crippen molar-refractivity contribution >= 4 is 11.8 Å². The highest BCUT2D eigenvalue weighted by Gasteiger charge is 2.23. The number of nitrogens with zero attached hydrogens (tertiary/aromatic N) is 4. The number of rotatable bonds is 6. The van der Waals surface area contributed by atoms with Gasteiger partial charge in [-0.1, -0.05) is 30.3 Å². The molecule has 3 aromatic rings. The SMILES string of the molecule is COC(=O)c1cccc(Cn2c(=O)cc(N3CCCC(N)C3)n(Cc3ccccc3C#N)c2=O)c1. The molecular formula is C26H27N5O4. The van der Waals surface area contributed by atoms with Gasteiger partial charge in [-0.2, -0.15) is 5.26 Å². The highest BCUT2D eigenvalue weighted by atomic mass is 16.5. The van der Waals surface area contributed by atoms with Gasteiger partial charge in [0.05, 0.1) is 37.4 Å². The molecule has 2 aromatic carbocycles. The Morgan fingerprint density at radius 2 is 1.91 bits per heavy atom. The number of hydrogen-bond donors (Lipinski definition) is 1. The van der Waals surface area contributed by atoms with Crippen molar-refractivity contribution < 1.29 is 9.53 Å². The number of piperidine rings is 1. The lowest BCUT2D eigenvalue weighted by molar-refractivity contribution is 0.0600. The molecule has 0 saturated carbocycles. The number of nitriles is 1. The summed E-state index contributed by atoms with van der Waals surface area (Å²) in [4.78, 5) is 40.7. The molecule has 1 atom stereocenters. The molecule has 0 amide bonds. The third-order valence-corrected chi connectivity index (χ3v) is 6.19. The van der Waals surface area contributed by atoms with Gasteiger partial charge < -0.3 is 15.4 Å². The Bertz CT molecular complexity index is 1400. The van der Waals surface area contributed by atoms with Crippen molar-refractivity contribution in [2.45, 2.75) is 32.0 Å². The molecule has 2 heterocycles. The second-order valence-electron chi connectivity index (χ2n) is 8.60. The van der Waals surface area contributed by atoms with Crippen LogP contribution < -0.4 is 21.9 Å². The number of carbonyl (C=O) groups excluding carboxylic acids is 1. The fourth-order valence-electron chi connectivity index (χ4n) is 4.41. The van der Waals surface area contributed by atoms with E-state index < -0.39 is 17.2 Å². The van der Waals surface area contributed by atoms with E-state index in [9.17, 15) is 19.6 Å². The maximum atomic E-state index is 13.7. The van der Waals surface area contributed by atoms with Crippen molar-refractivity contribution in [2.75, 3.05) is 25.1 Å². The maximum Gasteiger partial charge on any atom is 0.337 e. The first-order valence-corrected chi connectivity index (χ1v) is 11.4. The summed E-state index contributed by atoms with van der Waals surface area (Å²) >= 11 is 0. The van der Waals surface area contributed by atoms with Gasteiger partial charge in [-0.05, 0) is 42.2 Å². The van der Waals surface area contributed by atoms with Gasteiger partial charge in [-0.3, -0.25) is 13.9 Å². The smallest absolute Gasteiger partial charge is 0.337 e. The fraction of sp³-hybridized carbons (Fsp3) is 0.308. The molecule has 35 heavy (non-hydrogen) atoms. The second-order valence-corrected chi connectivity index (χ2v) is 8.60. The third kappa shape index (κ3) is 5.18. The first-order chi connectivity index (χ1) is 16.9. The number of benzene rings is 2. The molecule has 1 unspecified atom stereocenters. The number of carbonyl (C=O) groups is 1. The predicted molar refractivity (Wildman–Crippen MR) is 132 cm³/mol. The van der Waals surface area contributed by atoms with Crippen LogP contribution in [0, 0.1) is 11.3 Å². The number of methoxy groups -OCH3 is 1. The van der Waals surface area contributed by atoms with Gasteiger partial charge in [0, 0.05) is 25.2 Å². The zero-order chi connectivity index (χ0) is 24.9. The van der Waals surface area contributed by atoms with E-state index >= 15 is 0 Å². The second kappa shape index (κ2) is 10.4. The minimum Gasteiger partial charge on any atom is -0.465 e. The minimum absolute atomic E-state index is 0.0117.